The van der Waals surface area contributed by atoms with Gasteiger partial charge in [0.1, 0.15) is 11.4 Å². The summed E-state index contributed by atoms with van der Waals surface area (Å²) in [5.74, 6) is -0.388. The average Bonchev–Trinajstić information content (AvgIpc) is 2.26. The van der Waals surface area contributed by atoms with Crippen LogP contribution in [0, 0.1) is 12.7 Å². The smallest absolute Gasteiger partial charge is 0.244 e. The van der Waals surface area contributed by atoms with E-state index >= 15 is 0 Å². The van der Waals surface area contributed by atoms with Gasteiger partial charge in [0.05, 0.1) is 0 Å². The van der Waals surface area contributed by atoms with Gasteiger partial charge in [0.2, 0.25) is 5.91 Å². The molecule has 1 atom stereocenters. The molecule has 1 saturated heterocycles. The molecular weight excluding hydrogens is 207 g/mol. The molecular formula is C12H15FN2O. The van der Waals surface area contributed by atoms with Gasteiger partial charge in [-0.2, -0.15) is 0 Å². The summed E-state index contributed by atoms with van der Waals surface area (Å²) in [6.07, 6.45) is 0. The normalized spacial score (nSPS) is 25.3. The highest BCUT2D eigenvalue weighted by molar-refractivity contribution is 5.88. The number of benzene rings is 1. The second-order valence-electron chi connectivity index (χ2n) is 4.27. The SMILES string of the molecule is Cc1ccc(C2(C)NCCNC2=O)cc1F. The number of aryl methyl sites for hydroxylation is 1. The van der Waals surface area contributed by atoms with Crippen LogP contribution in [0.2, 0.25) is 0 Å². The summed E-state index contributed by atoms with van der Waals surface area (Å²) in [4.78, 5) is 11.8. The lowest BCUT2D eigenvalue weighted by atomic mass is 9.89. The molecule has 0 saturated carbocycles. The Morgan fingerprint density at radius 3 is 2.75 bits per heavy atom. The van der Waals surface area contributed by atoms with Crippen molar-refractivity contribution in [2.45, 2.75) is 19.4 Å². The van der Waals surface area contributed by atoms with E-state index in [1.54, 1.807) is 26.0 Å². The van der Waals surface area contributed by atoms with Crippen molar-refractivity contribution >= 4 is 5.91 Å². The van der Waals surface area contributed by atoms with E-state index in [0.29, 0.717) is 24.2 Å². The number of hydrogen-bond acceptors (Lipinski definition) is 2. The van der Waals surface area contributed by atoms with Crippen molar-refractivity contribution in [3.8, 4) is 0 Å². The molecule has 3 nitrogen and oxygen atoms in total. The number of hydrogen-bond donors (Lipinski definition) is 2. The third kappa shape index (κ3) is 1.69. The number of carbonyl (C=O) groups is 1. The predicted octanol–water partition coefficient (Wildman–Crippen LogP) is 1.07. The van der Waals surface area contributed by atoms with Gasteiger partial charge in [-0.3, -0.25) is 10.1 Å². The van der Waals surface area contributed by atoms with Gasteiger partial charge in [0.25, 0.3) is 0 Å². The molecule has 0 spiro atoms. The molecule has 16 heavy (non-hydrogen) atoms. The largest absolute Gasteiger partial charge is 0.353 e. The summed E-state index contributed by atoms with van der Waals surface area (Å²) in [6.45, 7) is 4.78. The van der Waals surface area contributed by atoms with Crippen LogP contribution in [0.1, 0.15) is 18.1 Å². The van der Waals surface area contributed by atoms with E-state index in [1.807, 2.05) is 0 Å². The Hall–Kier alpha value is -1.42. The van der Waals surface area contributed by atoms with Gasteiger partial charge in [-0.05, 0) is 31.0 Å². The summed E-state index contributed by atoms with van der Waals surface area (Å²) in [6, 6.07) is 4.91. The molecule has 2 N–H and O–H groups in total. The van der Waals surface area contributed by atoms with Crippen LogP contribution < -0.4 is 10.6 Å². The maximum absolute atomic E-state index is 13.5. The number of amides is 1. The number of carbonyl (C=O) groups excluding carboxylic acids is 1. The Labute approximate surface area is 94.0 Å². The number of piperazine rings is 1. The molecule has 86 valence electrons. The second-order valence-corrected chi connectivity index (χ2v) is 4.27. The van der Waals surface area contributed by atoms with Crippen molar-refractivity contribution < 1.29 is 9.18 Å². The summed E-state index contributed by atoms with van der Waals surface area (Å²) >= 11 is 0. The lowest BCUT2D eigenvalue weighted by Crippen LogP contribution is -2.59. The third-order valence-corrected chi connectivity index (χ3v) is 3.09. The summed E-state index contributed by atoms with van der Waals surface area (Å²) < 4.78 is 13.5. The Balaban J connectivity index is 2.41. The first kappa shape index (κ1) is 11.1. The quantitative estimate of drug-likeness (QED) is 0.746. The zero-order valence-corrected chi connectivity index (χ0v) is 9.43. The lowest BCUT2D eigenvalue weighted by molar-refractivity contribution is -0.128. The molecule has 4 heteroatoms. The maximum atomic E-state index is 13.5. The highest BCUT2D eigenvalue weighted by Gasteiger charge is 2.37. The number of rotatable bonds is 1. The van der Waals surface area contributed by atoms with Crippen LogP contribution in [-0.4, -0.2) is 19.0 Å². The molecule has 0 bridgehead atoms. The van der Waals surface area contributed by atoms with E-state index in [1.165, 1.54) is 6.07 Å². The van der Waals surface area contributed by atoms with Gasteiger partial charge in [-0.1, -0.05) is 12.1 Å². The molecule has 1 unspecified atom stereocenters. The monoisotopic (exact) mass is 222 g/mol. The average molecular weight is 222 g/mol. The Kier molecular flexibility index (Phi) is 2.68. The van der Waals surface area contributed by atoms with Crippen LogP contribution in [0.4, 0.5) is 4.39 Å². The minimum atomic E-state index is -0.827. The molecule has 1 aliphatic rings. The molecule has 1 aromatic rings. The molecule has 1 aliphatic heterocycles. The van der Waals surface area contributed by atoms with Gasteiger partial charge in [0, 0.05) is 13.1 Å². The second kappa shape index (κ2) is 3.87. The fourth-order valence-electron chi connectivity index (χ4n) is 1.88. The van der Waals surface area contributed by atoms with Crippen molar-refractivity contribution in [3.05, 3.63) is 35.1 Å². The van der Waals surface area contributed by atoms with Crippen LogP contribution in [0.3, 0.4) is 0 Å². The van der Waals surface area contributed by atoms with Gasteiger partial charge in [0.15, 0.2) is 0 Å². The van der Waals surface area contributed by atoms with Gasteiger partial charge in [-0.15, -0.1) is 0 Å². The van der Waals surface area contributed by atoms with E-state index in [4.69, 9.17) is 0 Å². The fraction of sp³-hybridized carbons (Fsp3) is 0.417. The minimum Gasteiger partial charge on any atom is -0.353 e. The van der Waals surface area contributed by atoms with E-state index in [-0.39, 0.29) is 11.7 Å². The van der Waals surface area contributed by atoms with Crippen LogP contribution in [-0.2, 0) is 10.3 Å². The lowest BCUT2D eigenvalue weighted by Gasteiger charge is -2.34. The summed E-state index contributed by atoms with van der Waals surface area (Å²) in [5, 5.41) is 5.91. The van der Waals surface area contributed by atoms with Crippen LogP contribution >= 0.6 is 0 Å². The van der Waals surface area contributed by atoms with E-state index in [0.717, 1.165) is 0 Å². The third-order valence-electron chi connectivity index (χ3n) is 3.09. The van der Waals surface area contributed by atoms with Gasteiger partial charge >= 0.3 is 0 Å². The van der Waals surface area contributed by atoms with Crippen LogP contribution in [0.25, 0.3) is 0 Å². The summed E-state index contributed by atoms with van der Waals surface area (Å²) in [5.41, 5.74) is 0.420. The van der Waals surface area contributed by atoms with Crippen molar-refractivity contribution in [2.75, 3.05) is 13.1 Å². The van der Waals surface area contributed by atoms with Crippen molar-refractivity contribution in [3.63, 3.8) is 0 Å². The molecule has 1 amide bonds. The maximum Gasteiger partial charge on any atom is 0.244 e. The van der Waals surface area contributed by atoms with Crippen molar-refractivity contribution in [2.24, 2.45) is 0 Å². The highest BCUT2D eigenvalue weighted by atomic mass is 19.1. The van der Waals surface area contributed by atoms with Crippen LogP contribution in [0.15, 0.2) is 18.2 Å². The molecule has 0 aliphatic carbocycles. The Morgan fingerprint density at radius 1 is 1.38 bits per heavy atom. The first-order chi connectivity index (χ1) is 7.54. The zero-order chi connectivity index (χ0) is 11.8. The first-order valence-corrected chi connectivity index (χ1v) is 5.34. The predicted molar refractivity (Wildman–Crippen MR) is 59.5 cm³/mol. The van der Waals surface area contributed by atoms with Gasteiger partial charge in [-0.25, -0.2) is 4.39 Å². The Bertz CT molecular complexity index is 433. The topological polar surface area (TPSA) is 41.1 Å². The van der Waals surface area contributed by atoms with E-state index < -0.39 is 5.54 Å². The molecule has 0 aromatic heterocycles. The van der Waals surface area contributed by atoms with E-state index in [9.17, 15) is 9.18 Å². The molecule has 1 fully saturated rings. The zero-order valence-electron chi connectivity index (χ0n) is 9.43. The van der Waals surface area contributed by atoms with Crippen molar-refractivity contribution in [1.29, 1.82) is 0 Å². The first-order valence-electron chi connectivity index (χ1n) is 5.34. The standard InChI is InChI=1S/C12H15FN2O/c1-8-3-4-9(7-10(8)13)12(2)11(16)14-5-6-15-12/h3-4,7,15H,5-6H2,1-2H3,(H,14,16). The number of nitrogens with one attached hydrogen (secondary N) is 2. The Morgan fingerprint density at radius 2 is 2.12 bits per heavy atom. The molecule has 0 radical (unpaired) electrons. The number of halogens is 1. The highest BCUT2D eigenvalue weighted by Crippen LogP contribution is 2.24. The van der Waals surface area contributed by atoms with E-state index in [2.05, 4.69) is 10.6 Å². The van der Waals surface area contributed by atoms with Crippen LogP contribution in [0.5, 0.6) is 0 Å². The fourth-order valence-corrected chi connectivity index (χ4v) is 1.88. The van der Waals surface area contributed by atoms with Gasteiger partial charge < -0.3 is 5.32 Å². The minimum absolute atomic E-state index is 0.109. The summed E-state index contributed by atoms with van der Waals surface area (Å²) in [7, 11) is 0. The molecule has 1 aromatic carbocycles. The van der Waals surface area contributed by atoms with Crippen molar-refractivity contribution in [1.82, 2.24) is 10.6 Å². The molecule has 1 heterocycles. The molecule has 2 rings (SSSR count).